The summed E-state index contributed by atoms with van der Waals surface area (Å²) in [5.41, 5.74) is -4.37. The lowest BCUT2D eigenvalue weighted by Crippen LogP contribution is -2.74. The van der Waals surface area contributed by atoms with E-state index in [1.807, 2.05) is 0 Å². The number of hydrogen-bond donors (Lipinski definition) is 6. The minimum absolute atomic E-state index is 0.195. The molecule has 0 saturated heterocycles. The third kappa shape index (κ3) is 2.14. The number of carboxylic acids is 1. The van der Waals surface area contributed by atoms with Gasteiger partial charge in [0.05, 0.1) is 12.2 Å². The van der Waals surface area contributed by atoms with Crippen LogP contribution >= 0.6 is 0 Å². The van der Waals surface area contributed by atoms with Gasteiger partial charge in [-0.1, -0.05) is 18.2 Å². The normalized spacial score (nSPS) is 42.8. The number of benzene rings is 1. The summed E-state index contributed by atoms with van der Waals surface area (Å²) in [5, 5.41) is 60.9. The van der Waals surface area contributed by atoms with E-state index in [4.69, 9.17) is 9.84 Å². The van der Waals surface area contributed by atoms with E-state index in [9.17, 15) is 30.3 Å². The zero-order valence-corrected chi connectivity index (χ0v) is 12.1. The van der Waals surface area contributed by atoms with Gasteiger partial charge in [0.25, 0.3) is 0 Å². The highest BCUT2D eigenvalue weighted by molar-refractivity contribution is 5.77. The summed E-state index contributed by atoms with van der Waals surface area (Å²) in [6.07, 6.45) is -5.52. The number of rotatable bonds is 2. The fourth-order valence-electron chi connectivity index (χ4n) is 3.40. The molecule has 0 bridgehead atoms. The average Bonchev–Trinajstić information content (AvgIpc) is 2.82. The summed E-state index contributed by atoms with van der Waals surface area (Å²) in [4.78, 5) is 11.1. The molecule has 8 nitrogen and oxygen atoms in total. The van der Waals surface area contributed by atoms with E-state index in [1.165, 1.54) is 0 Å². The van der Waals surface area contributed by atoms with Gasteiger partial charge in [0, 0.05) is 24.8 Å². The van der Waals surface area contributed by atoms with Gasteiger partial charge >= 0.3 is 5.97 Å². The van der Waals surface area contributed by atoms with E-state index in [0.717, 1.165) is 0 Å². The average molecular weight is 326 g/mol. The van der Waals surface area contributed by atoms with Crippen LogP contribution < -0.4 is 4.74 Å². The number of fused-ring (bicyclic) bond motifs is 1. The van der Waals surface area contributed by atoms with Gasteiger partial charge in [0.15, 0.2) is 11.2 Å². The van der Waals surface area contributed by atoms with Gasteiger partial charge in [-0.3, -0.25) is 0 Å². The van der Waals surface area contributed by atoms with Crippen molar-refractivity contribution in [3.8, 4) is 5.75 Å². The van der Waals surface area contributed by atoms with Gasteiger partial charge in [-0.15, -0.1) is 0 Å². The van der Waals surface area contributed by atoms with Crippen molar-refractivity contribution < 1.29 is 40.2 Å². The van der Waals surface area contributed by atoms with Gasteiger partial charge < -0.3 is 35.4 Å². The quantitative estimate of drug-likeness (QED) is 0.380. The molecule has 1 fully saturated rings. The highest BCUT2D eigenvalue weighted by atomic mass is 16.7. The molecule has 23 heavy (non-hydrogen) atoms. The molecule has 8 heteroatoms. The lowest BCUT2D eigenvalue weighted by molar-refractivity contribution is -0.329. The Kier molecular flexibility index (Phi) is 3.44. The lowest BCUT2D eigenvalue weighted by Gasteiger charge is -2.51. The molecule has 0 spiro atoms. The Balaban J connectivity index is 1.95. The number of para-hydroxylation sites is 1. The first-order valence-corrected chi connectivity index (χ1v) is 7.16. The van der Waals surface area contributed by atoms with Crippen LogP contribution in [0.3, 0.4) is 0 Å². The van der Waals surface area contributed by atoms with E-state index in [1.54, 1.807) is 24.3 Å². The van der Waals surface area contributed by atoms with Crippen LogP contribution in [-0.4, -0.2) is 65.8 Å². The second kappa shape index (κ2) is 4.89. The van der Waals surface area contributed by atoms with Gasteiger partial charge in [-0.05, 0) is 6.07 Å². The summed E-state index contributed by atoms with van der Waals surface area (Å²) in [5.74, 6) is -3.67. The second-order valence-corrected chi connectivity index (χ2v) is 6.27. The molecular weight excluding hydrogens is 308 g/mol. The van der Waals surface area contributed by atoms with E-state index in [0.29, 0.717) is 11.3 Å². The topological polar surface area (TPSA) is 148 Å². The van der Waals surface area contributed by atoms with Crippen LogP contribution in [-0.2, 0) is 11.2 Å². The lowest BCUT2D eigenvalue weighted by atomic mass is 9.67. The molecule has 6 N–H and O–H groups in total. The van der Waals surface area contributed by atoms with E-state index in [-0.39, 0.29) is 6.42 Å². The van der Waals surface area contributed by atoms with Gasteiger partial charge in [-0.25, -0.2) is 4.79 Å². The summed E-state index contributed by atoms with van der Waals surface area (Å²) in [6, 6.07) is 6.58. The molecule has 1 aliphatic heterocycles. The number of ether oxygens (including phenoxy) is 1. The van der Waals surface area contributed by atoms with Crippen LogP contribution in [0.5, 0.6) is 5.75 Å². The van der Waals surface area contributed by atoms with Crippen molar-refractivity contribution in [2.45, 2.75) is 48.5 Å². The van der Waals surface area contributed by atoms with Crippen LogP contribution in [0.15, 0.2) is 24.3 Å². The van der Waals surface area contributed by atoms with E-state index in [2.05, 4.69) is 0 Å². The highest BCUT2D eigenvalue weighted by Gasteiger charge is 2.68. The van der Waals surface area contributed by atoms with Crippen molar-refractivity contribution in [2.24, 2.45) is 0 Å². The molecule has 1 heterocycles. The smallest absolute Gasteiger partial charge is 0.335 e. The molecule has 1 aliphatic carbocycles. The minimum Gasteiger partial charge on any atom is -0.479 e. The molecule has 126 valence electrons. The zero-order valence-electron chi connectivity index (χ0n) is 12.1. The molecule has 2 aliphatic rings. The van der Waals surface area contributed by atoms with Crippen LogP contribution in [0.2, 0.25) is 0 Å². The third-order valence-corrected chi connectivity index (χ3v) is 4.78. The number of carboxylic acid groups (broad SMARTS) is 1. The van der Waals surface area contributed by atoms with Crippen molar-refractivity contribution in [3.05, 3.63) is 29.8 Å². The van der Waals surface area contributed by atoms with E-state index >= 15 is 0 Å². The Morgan fingerprint density at radius 2 is 1.65 bits per heavy atom. The van der Waals surface area contributed by atoms with E-state index < -0.39 is 48.0 Å². The van der Waals surface area contributed by atoms with Gasteiger partial charge in [-0.2, -0.15) is 0 Å². The first-order valence-electron chi connectivity index (χ1n) is 7.16. The molecule has 1 aromatic carbocycles. The maximum atomic E-state index is 11.1. The Labute approximate surface area is 131 Å². The zero-order chi connectivity index (χ0) is 17.0. The molecule has 0 aromatic heterocycles. The summed E-state index contributed by atoms with van der Waals surface area (Å²) >= 11 is 0. The SMILES string of the molecule is O=C(O)C1(O)C[C@@H](O)C(O)(C2(O)Cc3ccccc3O2)[C@H](O)C1. The first-order chi connectivity index (χ1) is 10.6. The summed E-state index contributed by atoms with van der Waals surface area (Å²) in [6.45, 7) is 0. The third-order valence-electron chi connectivity index (χ3n) is 4.78. The molecular formula is C15H18O8. The second-order valence-electron chi connectivity index (χ2n) is 6.27. The number of aliphatic carboxylic acids is 1. The van der Waals surface area contributed by atoms with Gasteiger partial charge in [0.2, 0.25) is 5.79 Å². The summed E-state index contributed by atoms with van der Waals surface area (Å²) in [7, 11) is 0. The van der Waals surface area contributed by atoms with Crippen LogP contribution in [0.4, 0.5) is 0 Å². The van der Waals surface area contributed by atoms with Crippen LogP contribution in [0.1, 0.15) is 18.4 Å². The van der Waals surface area contributed by atoms with Crippen molar-refractivity contribution in [1.82, 2.24) is 0 Å². The number of aliphatic hydroxyl groups is 5. The van der Waals surface area contributed by atoms with Crippen LogP contribution in [0.25, 0.3) is 0 Å². The highest BCUT2D eigenvalue weighted by Crippen LogP contribution is 2.47. The predicted octanol–water partition coefficient (Wildman–Crippen LogP) is -1.63. The molecule has 3 atom stereocenters. The first kappa shape index (κ1) is 16.2. The number of aliphatic hydroxyl groups excluding tert-OH is 2. The minimum atomic E-state index is -2.55. The Bertz CT molecular complexity index is 605. The van der Waals surface area contributed by atoms with Gasteiger partial charge in [0.1, 0.15) is 5.75 Å². The Morgan fingerprint density at radius 1 is 1.09 bits per heavy atom. The fourth-order valence-corrected chi connectivity index (χ4v) is 3.40. The monoisotopic (exact) mass is 326 g/mol. The largest absolute Gasteiger partial charge is 0.479 e. The molecule has 1 aromatic rings. The standard InChI is InChI=1S/C15H18O8/c16-10-6-13(20,12(18)19)7-11(17)15(10,22)14(21)5-8-3-1-2-4-9(8)23-14/h1-4,10-11,16-17,20-22H,5-7H2,(H,18,19)/t10-,11-,13?,14?,15?/m1/s1. The van der Waals surface area contributed by atoms with Crippen molar-refractivity contribution in [1.29, 1.82) is 0 Å². The van der Waals surface area contributed by atoms with Crippen molar-refractivity contribution >= 4 is 5.97 Å². The molecule has 0 radical (unpaired) electrons. The fraction of sp³-hybridized carbons (Fsp3) is 0.533. The predicted molar refractivity (Wildman–Crippen MR) is 74.5 cm³/mol. The maximum absolute atomic E-state index is 11.1. The van der Waals surface area contributed by atoms with Crippen molar-refractivity contribution in [3.63, 3.8) is 0 Å². The Hall–Kier alpha value is -1.71. The Morgan fingerprint density at radius 3 is 2.17 bits per heavy atom. The molecule has 0 amide bonds. The molecule has 3 rings (SSSR count). The summed E-state index contributed by atoms with van der Waals surface area (Å²) < 4.78 is 5.36. The molecule has 1 saturated carbocycles. The number of hydrogen-bond acceptors (Lipinski definition) is 7. The van der Waals surface area contributed by atoms with Crippen molar-refractivity contribution in [2.75, 3.05) is 0 Å². The maximum Gasteiger partial charge on any atom is 0.335 e. The number of carbonyl (C=O) groups is 1. The molecule has 1 unspecified atom stereocenters. The van der Waals surface area contributed by atoms with Crippen LogP contribution in [0, 0.1) is 0 Å².